The molecule has 1 nitrogen and oxygen atoms in total. The molecule has 0 saturated heterocycles. The van der Waals surface area contributed by atoms with Crippen LogP contribution in [0.15, 0.2) is 12.1 Å². The van der Waals surface area contributed by atoms with E-state index < -0.39 is 17.2 Å². The van der Waals surface area contributed by atoms with Gasteiger partial charge < -0.3 is 5.73 Å². The lowest BCUT2D eigenvalue weighted by atomic mass is 9.94. The van der Waals surface area contributed by atoms with Crippen LogP contribution in [0.25, 0.3) is 0 Å². The van der Waals surface area contributed by atoms with Gasteiger partial charge in [0.25, 0.3) is 0 Å². The summed E-state index contributed by atoms with van der Waals surface area (Å²) in [6.45, 7) is 5.47. The number of nitrogens with two attached hydrogens (primary N) is 1. The Morgan fingerprint density at radius 3 is 2.27 bits per heavy atom. The fraction of sp³-hybridized carbons (Fsp3) is 0.500. The highest BCUT2D eigenvalue weighted by atomic mass is 19.1. The lowest BCUT2D eigenvalue weighted by Gasteiger charge is -2.18. The quantitative estimate of drug-likeness (QED) is 0.759. The third-order valence-electron chi connectivity index (χ3n) is 3.53. The van der Waals surface area contributed by atoms with E-state index in [1.165, 1.54) is 12.1 Å². The molecule has 1 aliphatic rings. The average Bonchev–Trinajstić information content (AvgIpc) is 2.60. The Labute approximate surface area is 88.3 Å². The van der Waals surface area contributed by atoms with Crippen LogP contribution in [0.5, 0.6) is 0 Å². The van der Waals surface area contributed by atoms with Gasteiger partial charge in [-0.2, -0.15) is 0 Å². The third kappa shape index (κ3) is 1.29. The summed E-state index contributed by atoms with van der Waals surface area (Å²) in [5.74, 6) is -1.03. The molecule has 1 aromatic rings. The van der Waals surface area contributed by atoms with Crippen LogP contribution in [0, 0.1) is 24.0 Å². The Balaban J connectivity index is 2.60. The SMILES string of the molecule is Cc1ccc(F)c(C2(N)CC2(C)C)c1F. The van der Waals surface area contributed by atoms with E-state index in [2.05, 4.69) is 0 Å². The second-order valence-corrected chi connectivity index (χ2v) is 5.09. The second-order valence-electron chi connectivity index (χ2n) is 5.09. The second kappa shape index (κ2) is 2.79. The number of rotatable bonds is 1. The minimum absolute atomic E-state index is 0.0486. The molecule has 1 unspecified atom stereocenters. The van der Waals surface area contributed by atoms with Crippen molar-refractivity contribution in [2.45, 2.75) is 32.7 Å². The predicted octanol–water partition coefficient (Wildman–Crippen LogP) is 2.86. The normalized spacial score (nSPS) is 27.9. The number of hydrogen-bond acceptors (Lipinski definition) is 1. The Morgan fingerprint density at radius 2 is 1.80 bits per heavy atom. The van der Waals surface area contributed by atoms with Crippen LogP contribution in [0.3, 0.4) is 0 Å². The first kappa shape index (κ1) is 10.6. The Bertz CT molecular complexity index is 426. The van der Waals surface area contributed by atoms with Crippen molar-refractivity contribution in [1.29, 1.82) is 0 Å². The lowest BCUT2D eigenvalue weighted by Crippen LogP contribution is -2.28. The predicted molar refractivity (Wildman–Crippen MR) is 55.4 cm³/mol. The fourth-order valence-electron chi connectivity index (χ4n) is 2.15. The van der Waals surface area contributed by atoms with Crippen LogP contribution in [-0.4, -0.2) is 0 Å². The maximum atomic E-state index is 13.8. The number of hydrogen-bond donors (Lipinski definition) is 1. The fourth-order valence-corrected chi connectivity index (χ4v) is 2.15. The van der Waals surface area contributed by atoms with Gasteiger partial charge in [0.1, 0.15) is 11.6 Å². The van der Waals surface area contributed by atoms with Crippen LogP contribution in [0.1, 0.15) is 31.4 Å². The average molecular weight is 211 g/mol. The largest absolute Gasteiger partial charge is 0.321 e. The van der Waals surface area contributed by atoms with E-state index in [1.807, 2.05) is 13.8 Å². The topological polar surface area (TPSA) is 26.0 Å². The molecule has 2 rings (SSSR count). The molecule has 15 heavy (non-hydrogen) atoms. The van der Waals surface area contributed by atoms with Crippen molar-refractivity contribution in [2.75, 3.05) is 0 Å². The molecular weight excluding hydrogens is 196 g/mol. The van der Waals surface area contributed by atoms with Crippen LogP contribution in [0.4, 0.5) is 8.78 Å². The Hall–Kier alpha value is -0.960. The van der Waals surface area contributed by atoms with E-state index in [0.717, 1.165) is 0 Å². The van der Waals surface area contributed by atoms with Gasteiger partial charge in [-0.3, -0.25) is 0 Å². The van der Waals surface area contributed by atoms with Gasteiger partial charge in [0.2, 0.25) is 0 Å². The van der Waals surface area contributed by atoms with Crippen molar-refractivity contribution in [3.63, 3.8) is 0 Å². The zero-order chi connectivity index (χ0) is 11.4. The van der Waals surface area contributed by atoms with Crippen LogP contribution in [-0.2, 0) is 5.54 Å². The Morgan fingerprint density at radius 1 is 1.27 bits per heavy atom. The summed E-state index contributed by atoms with van der Waals surface area (Å²) in [6, 6.07) is 2.73. The van der Waals surface area contributed by atoms with Gasteiger partial charge in [-0.05, 0) is 30.4 Å². The highest BCUT2D eigenvalue weighted by Gasteiger charge is 2.61. The van der Waals surface area contributed by atoms with E-state index in [4.69, 9.17) is 5.73 Å². The summed E-state index contributed by atoms with van der Waals surface area (Å²) >= 11 is 0. The molecule has 1 aliphatic carbocycles. The minimum Gasteiger partial charge on any atom is -0.321 e. The van der Waals surface area contributed by atoms with E-state index in [9.17, 15) is 8.78 Å². The van der Waals surface area contributed by atoms with Crippen molar-refractivity contribution in [3.05, 3.63) is 34.9 Å². The molecule has 1 atom stereocenters. The van der Waals surface area contributed by atoms with Crippen molar-refractivity contribution in [1.82, 2.24) is 0 Å². The van der Waals surface area contributed by atoms with Crippen molar-refractivity contribution < 1.29 is 8.78 Å². The van der Waals surface area contributed by atoms with Crippen molar-refractivity contribution >= 4 is 0 Å². The lowest BCUT2D eigenvalue weighted by molar-refractivity contribution is 0.451. The van der Waals surface area contributed by atoms with E-state index >= 15 is 0 Å². The molecule has 3 heteroatoms. The molecule has 0 aromatic heterocycles. The Kier molecular flexibility index (Phi) is 1.96. The number of benzene rings is 1. The molecule has 2 N–H and O–H groups in total. The summed E-state index contributed by atoms with van der Waals surface area (Å²) in [4.78, 5) is 0. The maximum absolute atomic E-state index is 13.8. The first-order valence-corrected chi connectivity index (χ1v) is 5.03. The number of halogens is 2. The zero-order valence-electron chi connectivity index (χ0n) is 9.20. The van der Waals surface area contributed by atoms with Gasteiger partial charge >= 0.3 is 0 Å². The summed E-state index contributed by atoms with van der Waals surface area (Å²) in [5, 5.41) is 0. The molecule has 0 aliphatic heterocycles. The minimum atomic E-state index is -0.840. The van der Waals surface area contributed by atoms with Gasteiger partial charge in [-0.25, -0.2) is 8.78 Å². The molecule has 0 spiro atoms. The molecule has 0 radical (unpaired) electrons. The van der Waals surface area contributed by atoms with E-state index in [-0.39, 0.29) is 11.0 Å². The monoisotopic (exact) mass is 211 g/mol. The van der Waals surface area contributed by atoms with Crippen LogP contribution < -0.4 is 5.73 Å². The standard InChI is InChI=1S/C12H15F2N/c1-7-4-5-8(13)9(10(7)14)12(15)6-11(12,2)3/h4-5H,6,15H2,1-3H3. The van der Waals surface area contributed by atoms with Gasteiger partial charge in [0.15, 0.2) is 0 Å². The van der Waals surface area contributed by atoms with Gasteiger partial charge in [0, 0.05) is 5.56 Å². The highest BCUT2D eigenvalue weighted by Crippen LogP contribution is 2.61. The summed E-state index contributed by atoms with van der Waals surface area (Å²) in [5.41, 5.74) is 5.47. The first-order chi connectivity index (χ1) is 6.79. The molecule has 82 valence electrons. The van der Waals surface area contributed by atoms with Gasteiger partial charge in [-0.15, -0.1) is 0 Å². The van der Waals surface area contributed by atoms with Crippen molar-refractivity contribution in [3.8, 4) is 0 Å². The molecule has 0 amide bonds. The molecular formula is C12H15F2N. The summed E-state index contributed by atoms with van der Waals surface area (Å²) < 4.78 is 27.4. The van der Waals surface area contributed by atoms with Gasteiger partial charge in [-0.1, -0.05) is 19.9 Å². The van der Waals surface area contributed by atoms with Gasteiger partial charge in [0.05, 0.1) is 5.54 Å². The molecule has 0 bridgehead atoms. The molecule has 1 saturated carbocycles. The van der Waals surface area contributed by atoms with Crippen molar-refractivity contribution in [2.24, 2.45) is 11.1 Å². The first-order valence-electron chi connectivity index (χ1n) is 5.03. The molecule has 1 aromatic carbocycles. The van der Waals surface area contributed by atoms with Crippen LogP contribution >= 0.6 is 0 Å². The maximum Gasteiger partial charge on any atom is 0.134 e. The van der Waals surface area contributed by atoms with E-state index in [1.54, 1.807) is 6.92 Å². The summed E-state index contributed by atoms with van der Waals surface area (Å²) in [6.07, 6.45) is 0.622. The van der Waals surface area contributed by atoms with E-state index in [0.29, 0.717) is 12.0 Å². The smallest absolute Gasteiger partial charge is 0.134 e. The molecule has 1 fully saturated rings. The third-order valence-corrected chi connectivity index (χ3v) is 3.53. The zero-order valence-corrected chi connectivity index (χ0v) is 9.20. The number of aryl methyl sites for hydroxylation is 1. The molecule has 0 heterocycles. The highest BCUT2D eigenvalue weighted by molar-refractivity contribution is 5.39. The van der Waals surface area contributed by atoms with Crippen LogP contribution in [0.2, 0.25) is 0 Å². The summed E-state index contributed by atoms with van der Waals surface area (Å²) in [7, 11) is 0.